The summed E-state index contributed by atoms with van der Waals surface area (Å²) in [5.41, 5.74) is 2.25. The Hall–Kier alpha value is -2.14. The molecule has 4 rings (SSSR count). The predicted octanol–water partition coefficient (Wildman–Crippen LogP) is 6.21. The number of carbonyl (C=O) groups is 1. The molecule has 1 aromatic carbocycles. The van der Waals surface area contributed by atoms with E-state index in [0.29, 0.717) is 18.5 Å². The first-order valence-corrected chi connectivity index (χ1v) is 11.7. The van der Waals surface area contributed by atoms with Gasteiger partial charge in [-0.15, -0.1) is 11.3 Å². The highest BCUT2D eigenvalue weighted by Gasteiger charge is 2.25. The van der Waals surface area contributed by atoms with Crippen LogP contribution in [0.1, 0.15) is 72.4 Å². The summed E-state index contributed by atoms with van der Waals surface area (Å²) in [7, 11) is 0. The molecule has 0 bridgehead atoms. The molecule has 0 radical (unpaired) electrons. The third-order valence-electron chi connectivity index (χ3n) is 5.76. The minimum Gasteiger partial charge on any atom is -0.330 e. The fraction of sp³-hybridized carbons (Fsp3) is 0.500. The molecule has 0 atom stereocenters. The van der Waals surface area contributed by atoms with E-state index < -0.39 is 0 Å². The molecule has 1 aliphatic carbocycles. The summed E-state index contributed by atoms with van der Waals surface area (Å²) in [5.74, 6) is 1.56. The number of aryl methyl sites for hydroxylation is 1. The summed E-state index contributed by atoms with van der Waals surface area (Å²) in [5, 5.41) is 0. The summed E-state index contributed by atoms with van der Waals surface area (Å²) < 4.78 is 2.44. The molecule has 5 heteroatoms. The van der Waals surface area contributed by atoms with E-state index in [1.807, 2.05) is 17.0 Å². The van der Waals surface area contributed by atoms with E-state index >= 15 is 0 Å². The Balaban J connectivity index is 1.70. The lowest BCUT2D eigenvalue weighted by molar-refractivity contribution is 0.0719. The molecule has 1 fully saturated rings. The predicted molar refractivity (Wildman–Crippen MR) is 120 cm³/mol. The number of nitrogens with zero attached hydrogens (tertiary/aromatic N) is 3. The van der Waals surface area contributed by atoms with Gasteiger partial charge in [0.1, 0.15) is 5.82 Å². The molecular weight excluding hydrogens is 378 g/mol. The van der Waals surface area contributed by atoms with E-state index in [4.69, 9.17) is 4.98 Å². The maximum Gasteiger partial charge on any atom is 0.264 e. The number of imidazole rings is 1. The highest BCUT2D eigenvalue weighted by molar-refractivity contribution is 7.13. The van der Waals surface area contributed by atoms with Crippen LogP contribution in [0.15, 0.2) is 36.4 Å². The molecule has 1 amide bonds. The SMILES string of the molecule is Cc1ccc(C(=O)N(Cc2nc3ccccc3n2C2CCCCC2)CC(C)C)s1. The van der Waals surface area contributed by atoms with E-state index in [2.05, 4.69) is 49.6 Å². The van der Waals surface area contributed by atoms with E-state index in [1.54, 1.807) is 11.3 Å². The van der Waals surface area contributed by atoms with Crippen molar-refractivity contribution in [1.29, 1.82) is 0 Å². The lowest BCUT2D eigenvalue weighted by Gasteiger charge is -2.28. The summed E-state index contributed by atoms with van der Waals surface area (Å²) in [6, 6.07) is 12.9. The fourth-order valence-corrected chi connectivity index (χ4v) is 5.32. The van der Waals surface area contributed by atoms with E-state index in [0.717, 1.165) is 22.8 Å². The van der Waals surface area contributed by atoms with E-state index in [9.17, 15) is 4.79 Å². The molecule has 2 aromatic heterocycles. The van der Waals surface area contributed by atoms with Crippen molar-refractivity contribution >= 4 is 28.3 Å². The van der Waals surface area contributed by atoms with Crippen molar-refractivity contribution < 1.29 is 4.79 Å². The first kappa shape index (κ1) is 20.1. The van der Waals surface area contributed by atoms with Gasteiger partial charge in [0.2, 0.25) is 0 Å². The largest absolute Gasteiger partial charge is 0.330 e. The second kappa shape index (κ2) is 8.70. The van der Waals surface area contributed by atoms with Gasteiger partial charge >= 0.3 is 0 Å². The monoisotopic (exact) mass is 409 g/mol. The number of hydrogen-bond donors (Lipinski definition) is 0. The fourth-order valence-electron chi connectivity index (χ4n) is 4.49. The molecule has 29 heavy (non-hydrogen) atoms. The average molecular weight is 410 g/mol. The van der Waals surface area contributed by atoms with Crippen molar-refractivity contribution in [1.82, 2.24) is 14.5 Å². The molecule has 0 saturated heterocycles. The summed E-state index contributed by atoms with van der Waals surface area (Å²) in [4.78, 5) is 22.3. The Labute approximate surface area is 177 Å². The van der Waals surface area contributed by atoms with E-state index in [1.165, 1.54) is 42.5 Å². The van der Waals surface area contributed by atoms with Crippen molar-refractivity contribution in [2.24, 2.45) is 5.92 Å². The number of thiophene rings is 1. The molecule has 0 N–H and O–H groups in total. The van der Waals surface area contributed by atoms with Crippen LogP contribution >= 0.6 is 11.3 Å². The van der Waals surface area contributed by atoms with Crippen molar-refractivity contribution in [2.75, 3.05) is 6.54 Å². The smallest absolute Gasteiger partial charge is 0.264 e. The lowest BCUT2D eigenvalue weighted by Crippen LogP contribution is -2.34. The van der Waals surface area contributed by atoms with Gasteiger partial charge in [-0.05, 0) is 49.9 Å². The maximum atomic E-state index is 13.3. The zero-order valence-electron chi connectivity index (χ0n) is 17.7. The lowest BCUT2D eigenvalue weighted by atomic mass is 9.95. The highest BCUT2D eigenvalue weighted by Crippen LogP contribution is 2.33. The number of para-hydroxylation sites is 2. The summed E-state index contributed by atoms with van der Waals surface area (Å²) >= 11 is 1.58. The first-order valence-electron chi connectivity index (χ1n) is 10.8. The van der Waals surface area contributed by atoms with Crippen LogP contribution in [0.4, 0.5) is 0 Å². The first-order chi connectivity index (χ1) is 14.0. The van der Waals surface area contributed by atoms with Crippen LogP contribution in [-0.4, -0.2) is 26.9 Å². The van der Waals surface area contributed by atoms with Gasteiger partial charge in [-0.25, -0.2) is 4.98 Å². The minimum atomic E-state index is 0.124. The van der Waals surface area contributed by atoms with Crippen molar-refractivity contribution in [3.8, 4) is 0 Å². The third kappa shape index (κ3) is 4.40. The number of aromatic nitrogens is 2. The Kier molecular flexibility index (Phi) is 6.04. The van der Waals surface area contributed by atoms with Crippen LogP contribution in [0.5, 0.6) is 0 Å². The number of amides is 1. The number of rotatable bonds is 6. The standard InChI is InChI=1S/C24H31N3OS/c1-17(2)15-26(24(28)22-14-13-18(3)29-22)16-23-25-20-11-7-8-12-21(20)27(23)19-9-5-4-6-10-19/h7-8,11-14,17,19H,4-6,9-10,15-16H2,1-3H3. The molecule has 3 aromatic rings. The van der Waals surface area contributed by atoms with Gasteiger partial charge in [0, 0.05) is 17.5 Å². The molecule has 154 valence electrons. The van der Waals surface area contributed by atoms with Gasteiger partial charge in [-0.1, -0.05) is 45.2 Å². The Bertz CT molecular complexity index is 981. The normalized spacial score (nSPS) is 15.3. The van der Waals surface area contributed by atoms with Gasteiger partial charge < -0.3 is 9.47 Å². The molecule has 1 saturated carbocycles. The highest BCUT2D eigenvalue weighted by atomic mass is 32.1. The topological polar surface area (TPSA) is 38.1 Å². The van der Waals surface area contributed by atoms with E-state index in [-0.39, 0.29) is 5.91 Å². The Morgan fingerprint density at radius 3 is 2.62 bits per heavy atom. The molecule has 0 unspecified atom stereocenters. The van der Waals surface area contributed by atoms with Gasteiger partial charge in [0.15, 0.2) is 0 Å². The van der Waals surface area contributed by atoms with Gasteiger partial charge in [0.25, 0.3) is 5.91 Å². The number of fused-ring (bicyclic) bond motifs is 1. The van der Waals surface area contributed by atoms with Gasteiger partial charge in [-0.2, -0.15) is 0 Å². The zero-order chi connectivity index (χ0) is 20.4. The van der Waals surface area contributed by atoms with Crippen LogP contribution in [0, 0.1) is 12.8 Å². The number of hydrogen-bond acceptors (Lipinski definition) is 3. The molecular formula is C24H31N3OS. The molecule has 0 spiro atoms. The third-order valence-corrected chi connectivity index (χ3v) is 6.75. The quantitative estimate of drug-likeness (QED) is 0.485. The van der Waals surface area contributed by atoms with Crippen LogP contribution in [-0.2, 0) is 6.54 Å². The molecule has 2 heterocycles. The Morgan fingerprint density at radius 2 is 1.93 bits per heavy atom. The van der Waals surface area contributed by atoms with Crippen LogP contribution < -0.4 is 0 Å². The van der Waals surface area contributed by atoms with Crippen molar-refractivity contribution in [3.05, 3.63) is 52.0 Å². The molecule has 0 aliphatic heterocycles. The van der Waals surface area contributed by atoms with Gasteiger partial charge in [0.05, 0.1) is 22.5 Å². The number of carbonyl (C=O) groups excluding carboxylic acids is 1. The average Bonchev–Trinajstić information content (AvgIpc) is 3.30. The van der Waals surface area contributed by atoms with Crippen LogP contribution in [0.3, 0.4) is 0 Å². The van der Waals surface area contributed by atoms with Crippen molar-refractivity contribution in [2.45, 2.75) is 65.5 Å². The summed E-state index contributed by atoms with van der Waals surface area (Å²) in [6.07, 6.45) is 6.29. The van der Waals surface area contributed by atoms with Crippen LogP contribution in [0.25, 0.3) is 11.0 Å². The zero-order valence-corrected chi connectivity index (χ0v) is 18.5. The second-order valence-electron chi connectivity index (χ2n) is 8.67. The molecule has 1 aliphatic rings. The van der Waals surface area contributed by atoms with Gasteiger partial charge in [-0.3, -0.25) is 4.79 Å². The molecule has 4 nitrogen and oxygen atoms in total. The second-order valence-corrected chi connectivity index (χ2v) is 9.96. The summed E-state index contributed by atoms with van der Waals surface area (Å²) in [6.45, 7) is 7.70. The van der Waals surface area contributed by atoms with Crippen LogP contribution in [0.2, 0.25) is 0 Å². The van der Waals surface area contributed by atoms with Crippen molar-refractivity contribution in [3.63, 3.8) is 0 Å². The minimum absolute atomic E-state index is 0.124. The maximum absolute atomic E-state index is 13.3. The number of benzene rings is 1. The Morgan fingerprint density at radius 1 is 1.17 bits per heavy atom.